The maximum atomic E-state index is 12.6. The Bertz CT molecular complexity index is 1050. The molecule has 1 heterocycles. The van der Waals surface area contributed by atoms with Gasteiger partial charge < -0.3 is 15.8 Å². The van der Waals surface area contributed by atoms with Gasteiger partial charge in [-0.3, -0.25) is 9.59 Å². The molecule has 0 spiro atoms. The lowest BCUT2D eigenvalue weighted by molar-refractivity contribution is -0.111. The van der Waals surface area contributed by atoms with Crippen LogP contribution in [0.15, 0.2) is 18.2 Å². The number of benzene rings is 1. The van der Waals surface area contributed by atoms with E-state index in [1.807, 2.05) is 0 Å². The Kier molecular flexibility index (Phi) is 7.04. The van der Waals surface area contributed by atoms with Crippen molar-refractivity contribution in [1.82, 2.24) is 0 Å². The summed E-state index contributed by atoms with van der Waals surface area (Å²) in [7, 11) is 1.49. The second-order valence-electron chi connectivity index (χ2n) is 8.71. The van der Waals surface area contributed by atoms with Crippen LogP contribution in [0.2, 0.25) is 10.0 Å². The van der Waals surface area contributed by atoms with Crippen molar-refractivity contribution in [3.63, 3.8) is 0 Å². The zero-order valence-electron chi connectivity index (χ0n) is 18.0. The zero-order valence-corrected chi connectivity index (χ0v) is 20.3. The van der Waals surface area contributed by atoms with Gasteiger partial charge in [-0.15, -0.1) is 11.3 Å². The molecule has 1 aliphatic rings. The fraction of sp³-hybridized carbons (Fsp3) is 0.391. The van der Waals surface area contributed by atoms with Gasteiger partial charge >= 0.3 is 0 Å². The SMILES string of the molecule is COc1c(Cl)cc(Cl)cc1/C=C/C(=O)Nc1sc2c(c1C(N)=O)CCC(C(C)(C)C)C2. The third-order valence-corrected chi connectivity index (χ3v) is 7.30. The van der Waals surface area contributed by atoms with Gasteiger partial charge in [0, 0.05) is 21.5 Å². The molecule has 1 atom stereocenters. The lowest BCUT2D eigenvalue weighted by atomic mass is 9.72. The Hall–Kier alpha value is -2.02. The summed E-state index contributed by atoms with van der Waals surface area (Å²) >= 11 is 13.6. The van der Waals surface area contributed by atoms with Crippen molar-refractivity contribution < 1.29 is 14.3 Å². The van der Waals surface area contributed by atoms with Gasteiger partial charge in [0.15, 0.2) is 0 Å². The fourth-order valence-electron chi connectivity index (χ4n) is 3.91. The predicted molar refractivity (Wildman–Crippen MR) is 128 cm³/mol. The number of primary amides is 1. The number of carbonyl (C=O) groups excluding carboxylic acids is 2. The highest BCUT2D eigenvalue weighted by Crippen LogP contribution is 2.44. The molecule has 3 N–H and O–H groups in total. The van der Waals surface area contributed by atoms with Gasteiger partial charge in [-0.2, -0.15) is 0 Å². The first-order valence-electron chi connectivity index (χ1n) is 9.97. The quantitative estimate of drug-likeness (QED) is 0.517. The van der Waals surface area contributed by atoms with Gasteiger partial charge in [0.2, 0.25) is 5.91 Å². The average Bonchev–Trinajstić information content (AvgIpc) is 3.02. The Morgan fingerprint density at radius 2 is 2.00 bits per heavy atom. The fourth-order valence-corrected chi connectivity index (χ4v) is 5.83. The summed E-state index contributed by atoms with van der Waals surface area (Å²) in [5, 5.41) is 4.11. The second kappa shape index (κ2) is 9.23. The molecule has 8 heteroatoms. The molecule has 1 unspecified atom stereocenters. The van der Waals surface area contributed by atoms with Crippen molar-refractivity contribution in [2.75, 3.05) is 12.4 Å². The highest BCUT2D eigenvalue weighted by molar-refractivity contribution is 7.17. The normalized spacial score (nSPS) is 16.3. The van der Waals surface area contributed by atoms with E-state index in [2.05, 4.69) is 26.1 Å². The maximum absolute atomic E-state index is 12.6. The van der Waals surface area contributed by atoms with Crippen molar-refractivity contribution in [2.24, 2.45) is 17.1 Å². The van der Waals surface area contributed by atoms with Crippen LogP contribution >= 0.6 is 34.5 Å². The largest absolute Gasteiger partial charge is 0.495 e. The van der Waals surface area contributed by atoms with E-state index >= 15 is 0 Å². The summed E-state index contributed by atoms with van der Waals surface area (Å²) in [5.74, 6) is 0.0384. The minimum absolute atomic E-state index is 0.179. The van der Waals surface area contributed by atoms with E-state index in [1.54, 1.807) is 18.2 Å². The standard InChI is InChI=1S/C23H26Cl2N2O3S/c1-23(2,3)13-6-7-15-17(10-13)31-22(19(15)21(26)29)27-18(28)8-5-12-9-14(24)11-16(25)20(12)30-4/h5,8-9,11,13H,6-7,10H2,1-4H3,(H2,26,29)(H,27,28)/b8-5+. The van der Waals surface area contributed by atoms with Crippen LogP contribution in [-0.4, -0.2) is 18.9 Å². The van der Waals surface area contributed by atoms with Crippen molar-refractivity contribution in [3.05, 3.63) is 49.8 Å². The molecule has 0 aliphatic heterocycles. The molecular formula is C23H26Cl2N2O3S. The van der Waals surface area contributed by atoms with Gasteiger partial charge in [-0.05, 0) is 54.4 Å². The predicted octanol–water partition coefficient (Wildman–Crippen LogP) is 5.97. The van der Waals surface area contributed by atoms with Crippen LogP contribution in [0.3, 0.4) is 0 Å². The molecule has 0 fully saturated rings. The van der Waals surface area contributed by atoms with E-state index < -0.39 is 5.91 Å². The van der Waals surface area contributed by atoms with Gasteiger partial charge in [-0.25, -0.2) is 0 Å². The van der Waals surface area contributed by atoms with Gasteiger partial charge in [0.05, 0.1) is 17.7 Å². The van der Waals surface area contributed by atoms with E-state index in [-0.39, 0.29) is 11.3 Å². The van der Waals surface area contributed by atoms with Crippen molar-refractivity contribution in [1.29, 1.82) is 0 Å². The zero-order chi connectivity index (χ0) is 22.9. The molecule has 0 saturated carbocycles. The van der Waals surface area contributed by atoms with Crippen molar-refractivity contribution >= 4 is 57.4 Å². The number of ether oxygens (including phenoxy) is 1. The number of nitrogens with two attached hydrogens (primary N) is 1. The minimum Gasteiger partial charge on any atom is -0.495 e. The van der Waals surface area contributed by atoms with Crippen molar-refractivity contribution in [2.45, 2.75) is 40.0 Å². The molecule has 2 aromatic rings. The van der Waals surface area contributed by atoms with Crippen LogP contribution < -0.4 is 15.8 Å². The first kappa shape index (κ1) is 23.6. The summed E-state index contributed by atoms with van der Waals surface area (Å²) < 4.78 is 5.29. The monoisotopic (exact) mass is 480 g/mol. The van der Waals surface area contributed by atoms with Crippen LogP contribution in [0, 0.1) is 11.3 Å². The molecule has 3 rings (SSSR count). The summed E-state index contributed by atoms with van der Waals surface area (Å²) in [5.41, 5.74) is 7.82. The topological polar surface area (TPSA) is 81.4 Å². The number of fused-ring (bicyclic) bond motifs is 1. The van der Waals surface area contributed by atoms with Gasteiger partial charge in [-0.1, -0.05) is 44.0 Å². The summed E-state index contributed by atoms with van der Waals surface area (Å²) in [6.45, 7) is 6.69. The summed E-state index contributed by atoms with van der Waals surface area (Å²) in [4.78, 5) is 25.9. The molecule has 1 aliphatic carbocycles. The van der Waals surface area contributed by atoms with Crippen LogP contribution in [0.25, 0.3) is 6.08 Å². The molecule has 31 heavy (non-hydrogen) atoms. The number of anilines is 1. The van der Waals surface area contributed by atoms with Crippen LogP contribution in [0.5, 0.6) is 5.75 Å². The van der Waals surface area contributed by atoms with Crippen LogP contribution in [0.4, 0.5) is 5.00 Å². The summed E-state index contributed by atoms with van der Waals surface area (Å²) in [6, 6.07) is 3.22. The number of carbonyl (C=O) groups is 2. The molecule has 5 nitrogen and oxygen atoms in total. The molecule has 0 radical (unpaired) electrons. The van der Waals surface area contributed by atoms with E-state index in [9.17, 15) is 9.59 Å². The number of amides is 2. The molecule has 1 aromatic carbocycles. The average molecular weight is 481 g/mol. The van der Waals surface area contributed by atoms with Crippen LogP contribution in [0.1, 0.15) is 53.6 Å². The number of halogens is 2. The molecule has 2 amide bonds. The molecular weight excluding hydrogens is 455 g/mol. The summed E-state index contributed by atoms with van der Waals surface area (Å²) in [6.07, 6.45) is 5.59. The Labute approximate surface area is 196 Å². The van der Waals surface area contributed by atoms with Crippen LogP contribution in [-0.2, 0) is 17.6 Å². The Morgan fingerprint density at radius 3 is 2.61 bits per heavy atom. The van der Waals surface area contributed by atoms with Crippen molar-refractivity contribution in [3.8, 4) is 5.75 Å². The smallest absolute Gasteiger partial charge is 0.251 e. The maximum Gasteiger partial charge on any atom is 0.251 e. The number of nitrogens with one attached hydrogen (secondary N) is 1. The highest BCUT2D eigenvalue weighted by atomic mass is 35.5. The Balaban J connectivity index is 1.85. The Morgan fingerprint density at radius 1 is 1.29 bits per heavy atom. The number of rotatable bonds is 5. The first-order valence-corrected chi connectivity index (χ1v) is 11.5. The van der Waals surface area contributed by atoms with E-state index in [1.165, 1.54) is 24.5 Å². The molecule has 1 aromatic heterocycles. The number of hydrogen-bond acceptors (Lipinski definition) is 4. The minimum atomic E-state index is -0.519. The first-order chi connectivity index (χ1) is 14.5. The molecule has 0 saturated heterocycles. The molecule has 166 valence electrons. The third kappa shape index (κ3) is 5.25. The number of hydrogen-bond donors (Lipinski definition) is 2. The second-order valence-corrected chi connectivity index (χ2v) is 10.7. The van der Waals surface area contributed by atoms with Gasteiger partial charge in [0.25, 0.3) is 5.91 Å². The highest BCUT2D eigenvalue weighted by Gasteiger charge is 2.33. The molecule has 0 bridgehead atoms. The van der Waals surface area contributed by atoms with E-state index in [4.69, 9.17) is 33.7 Å². The number of methoxy groups -OCH3 is 1. The number of thiophene rings is 1. The third-order valence-electron chi connectivity index (χ3n) is 5.63. The van der Waals surface area contributed by atoms with E-state index in [0.717, 1.165) is 29.7 Å². The van der Waals surface area contributed by atoms with E-state index in [0.29, 0.717) is 37.8 Å². The lowest BCUT2D eigenvalue weighted by Crippen LogP contribution is -2.27. The lowest BCUT2D eigenvalue weighted by Gasteiger charge is -2.33. The van der Waals surface area contributed by atoms with Gasteiger partial charge in [0.1, 0.15) is 10.8 Å².